The van der Waals surface area contributed by atoms with Crippen LogP contribution in [0.5, 0.6) is 28.7 Å². The van der Waals surface area contributed by atoms with Crippen molar-refractivity contribution in [3.8, 4) is 28.7 Å². The molecule has 0 atom stereocenters. The lowest BCUT2D eigenvalue weighted by atomic mass is 10.1. The van der Waals surface area contributed by atoms with Gasteiger partial charge in [0.1, 0.15) is 0 Å². The molecule has 0 heterocycles. The van der Waals surface area contributed by atoms with E-state index in [0.717, 1.165) is 0 Å². The number of hydrogen-bond donors (Lipinski definition) is 3. The third kappa shape index (κ3) is 6.27. The van der Waals surface area contributed by atoms with Crippen molar-refractivity contribution in [2.24, 2.45) is 5.10 Å². The molecule has 2 rings (SSSR count). The number of benzene rings is 2. The zero-order valence-corrected chi connectivity index (χ0v) is 19.6. The van der Waals surface area contributed by atoms with E-state index in [-0.39, 0.29) is 23.6 Å². The van der Waals surface area contributed by atoms with Crippen molar-refractivity contribution in [1.29, 1.82) is 0 Å². The molecule has 10 nitrogen and oxygen atoms in total. The van der Waals surface area contributed by atoms with Gasteiger partial charge in [0, 0.05) is 5.56 Å². The summed E-state index contributed by atoms with van der Waals surface area (Å²) in [7, 11) is 4.34. The summed E-state index contributed by atoms with van der Waals surface area (Å²) in [6, 6.07) is 6.14. The maximum Gasteiger partial charge on any atom is 0.259 e. The molecular formula is C21H24BrN3O7. The van der Waals surface area contributed by atoms with Crippen LogP contribution < -0.4 is 29.7 Å². The molecule has 0 spiro atoms. The molecule has 0 aromatic heterocycles. The Morgan fingerprint density at radius 2 is 1.72 bits per heavy atom. The second-order valence-corrected chi connectivity index (χ2v) is 7.03. The predicted molar refractivity (Wildman–Crippen MR) is 121 cm³/mol. The fourth-order valence-corrected chi connectivity index (χ4v) is 3.09. The molecule has 32 heavy (non-hydrogen) atoms. The zero-order chi connectivity index (χ0) is 23.7. The average Bonchev–Trinajstić information content (AvgIpc) is 2.79. The highest BCUT2D eigenvalue weighted by atomic mass is 79.9. The number of ether oxygens (including phenoxy) is 4. The second kappa shape index (κ2) is 11.8. The second-order valence-electron chi connectivity index (χ2n) is 6.17. The van der Waals surface area contributed by atoms with Gasteiger partial charge in [0.2, 0.25) is 5.75 Å². The van der Waals surface area contributed by atoms with E-state index in [1.54, 1.807) is 19.1 Å². The number of phenols is 1. The van der Waals surface area contributed by atoms with Gasteiger partial charge in [-0.3, -0.25) is 9.59 Å². The van der Waals surface area contributed by atoms with E-state index in [1.165, 1.54) is 39.7 Å². The lowest BCUT2D eigenvalue weighted by molar-refractivity contribution is -0.120. The number of hydrogen-bond acceptors (Lipinski definition) is 8. The Labute approximate surface area is 193 Å². The summed E-state index contributed by atoms with van der Waals surface area (Å²) in [5.41, 5.74) is 3.13. The van der Waals surface area contributed by atoms with Crippen LogP contribution in [0.15, 0.2) is 33.8 Å². The van der Waals surface area contributed by atoms with Gasteiger partial charge in [0.05, 0.1) is 45.2 Å². The smallest absolute Gasteiger partial charge is 0.259 e. The molecule has 0 aliphatic rings. The highest BCUT2D eigenvalue weighted by Crippen LogP contribution is 2.38. The monoisotopic (exact) mass is 509 g/mol. The van der Waals surface area contributed by atoms with Crippen LogP contribution in [0.3, 0.4) is 0 Å². The molecule has 0 radical (unpaired) electrons. The molecule has 0 bridgehead atoms. The molecule has 3 N–H and O–H groups in total. The minimum atomic E-state index is -0.537. The van der Waals surface area contributed by atoms with Crippen molar-refractivity contribution in [2.45, 2.75) is 6.92 Å². The van der Waals surface area contributed by atoms with E-state index in [1.807, 2.05) is 0 Å². The van der Waals surface area contributed by atoms with Gasteiger partial charge in [-0.2, -0.15) is 5.10 Å². The van der Waals surface area contributed by atoms with Gasteiger partial charge in [-0.25, -0.2) is 5.43 Å². The van der Waals surface area contributed by atoms with Crippen LogP contribution in [0.4, 0.5) is 0 Å². The number of halogens is 1. The Balaban J connectivity index is 1.98. The Morgan fingerprint density at radius 3 is 2.28 bits per heavy atom. The molecule has 0 aliphatic carbocycles. The van der Waals surface area contributed by atoms with Crippen LogP contribution in [0, 0.1) is 0 Å². The number of methoxy groups -OCH3 is 3. The third-order valence-corrected chi connectivity index (χ3v) is 4.69. The van der Waals surface area contributed by atoms with Crippen molar-refractivity contribution in [1.82, 2.24) is 10.7 Å². The third-order valence-electron chi connectivity index (χ3n) is 4.09. The summed E-state index contributed by atoms with van der Waals surface area (Å²) in [6.07, 6.45) is 1.38. The van der Waals surface area contributed by atoms with Crippen LogP contribution in [0.25, 0.3) is 0 Å². The normalized spacial score (nSPS) is 10.5. The number of phenolic OH excluding ortho intramolecular Hbond substituents is 1. The number of nitrogens with zero attached hydrogens (tertiary/aromatic N) is 1. The van der Waals surface area contributed by atoms with Gasteiger partial charge in [-0.1, -0.05) is 0 Å². The molecule has 0 aliphatic heterocycles. The van der Waals surface area contributed by atoms with Crippen LogP contribution in [0.2, 0.25) is 0 Å². The number of rotatable bonds is 10. The van der Waals surface area contributed by atoms with E-state index in [2.05, 4.69) is 31.8 Å². The number of hydrazone groups is 1. The number of carbonyl (C=O) groups excluding carboxylic acids is 2. The molecule has 172 valence electrons. The van der Waals surface area contributed by atoms with Gasteiger partial charge in [-0.05, 0) is 52.7 Å². The molecule has 0 saturated heterocycles. The maximum atomic E-state index is 12.4. The van der Waals surface area contributed by atoms with Crippen LogP contribution in [0.1, 0.15) is 22.8 Å². The zero-order valence-electron chi connectivity index (χ0n) is 18.0. The number of carbonyl (C=O) groups is 2. The van der Waals surface area contributed by atoms with Gasteiger partial charge >= 0.3 is 0 Å². The topological polar surface area (TPSA) is 128 Å². The first kappa shape index (κ1) is 24.8. The van der Waals surface area contributed by atoms with Crippen molar-refractivity contribution in [2.75, 3.05) is 34.5 Å². The van der Waals surface area contributed by atoms with E-state index in [4.69, 9.17) is 18.9 Å². The number of nitrogens with one attached hydrogen (secondary N) is 2. The van der Waals surface area contributed by atoms with Crippen LogP contribution in [-0.2, 0) is 4.79 Å². The summed E-state index contributed by atoms with van der Waals surface area (Å²) < 4.78 is 21.4. The highest BCUT2D eigenvalue weighted by Gasteiger charge is 2.17. The summed E-state index contributed by atoms with van der Waals surface area (Å²) >= 11 is 3.23. The number of aromatic hydroxyl groups is 1. The quantitative estimate of drug-likeness (QED) is 0.331. The van der Waals surface area contributed by atoms with Gasteiger partial charge in [-0.15, -0.1) is 0 Å². The van der Waals surface area contributed by atoms with E-state index in [0.29, 0.717) is 33.9 Å². The summed E-state index contributed by atoms with van der Waals surface area (Å²) in [4.78, 5) is 24.4. The van der Waals surface area contributed by atoms with Crippen molar-refractivity contribution in [3.63, 3.8) is 0 Å². The van der Waals surface area contributed by atoms with Gasteiger partial charge in [0.25, 0.3) is 11.8 Å². The minimum absolute atomic E-state index is 0.0254. The Morgan fingerprint density at radius 1 is 1.06 bits per heavy atom. The van der Waals surface area contributed by atoms with Gasteiger partial charge < -0.3 is 29.4 Å². The first-order valence-electron chi connectivity index (χ1n) is 9.39. The van der Waals surface area contributed by atoms with Crippen LogP contribution >= 0.6 is 15.9 Å². The van der Waals surface area contributed by atoms with E-state index < -0.39 is 11.8 Å². The molecule has 2 amide bonds. The number of amides is 2. The van der Waals surface area contributed by atoms with Gasteiger partial charge in [0.15, 0.2) is 23.0 Å². The fourth-order valence-electron chi connectivity index (χ4n) is 2.63. The lowest BCUT2D eigenvalue weighted by Gasteiger charge is -2.14. The largest absolute Gasteiger partial charge is 0.503 e. The van der Waals surface area contributed by atoms with Crippen molar-refractivity contribution in [3.05, 3.63) is 39.9 Å². The lowest BCUT2D eigenvalue weighted by Crippen LogP contribution is -2.34. The molecule has 2 aromatic carbocycles. The Kier molecular flexibility index (Phi) is 9.14. The summed E-state index contributed by atoms with van der Waals surface area (Å²) in [6.45, 7) is 1.86. The summed E-state index contributed by atoms with van der Waals surface area (Å²) in [5, 5.41) is 16.3. The Bertz CT molecular complexity index is 986. The minimum Gasteiger partial charge on any atom is -0.503 e. The maximum absolute atomic E-state index is 12.4. The van der Waals surface area contributed by atoms with Crippen molar-refractivity contribution < 1.29 is 33.6 Å². The SMILES string of the molecule is CCOc1cc(C=NNC(=O)CNC(=O)c2cc(OC)c(OC)c(OC)c2)cc(Br)c1O. The first-order chi connectivity index (χ1) is 15.3. The Hall–Kier alpha value is -3.47. The standard InChI is InChI=1S/C21H24BrN3O7/c1-5-32-15-7-12(6-14(22)19(15)27)10-24-25-18(26)11-23-21(28)13-8-16(29-2)20(31-4)17(9-13)30-3/h6-10,27H,5,11H2,1-4H3,(H,23,28)(H,25,26). The molecule has 0 unspecified atom stereocenters. The summed E-state index contributed by atoms with van der Waals surface area (Å²) in [5.74, 6) is 0.203. The molecule has 2 aromatic rings. The molecule has 0 fully saturated rings. The predicted octanol–water partition coefficient (Wildman–Crippen LogP) is 2.46. The van der Waals surface area contributed by atoms with Crippen molar-refractivity contribution >= 4 is 34.0 Å². The highest BCUT2D eigenvalue weighted by molar-refractivity contribution is 9.10. The average molecular weight is 510 g/mol. The molecule has 11 heteroatoms. The first-order valence-corrected chi connectivity index (χ1v) is 10.2. The van der Waals surface area contributed by atoms with E-state index in [9.17, 15) is 14.7 Å². The fraction of sp³-hybridized carbons (Fsp3) is 0.286. The molecule has 0 saturated carbocycles. The molecular weight excluding hydrogens is 486 g/mol. The van der Waals surface area contributed by atoms with Crippen LogP contribution in [-0.4, -0.2) is 57.6 Å². The van der Waals surface area contributed by atoms with E-state index >= 15 is 0 Å².